The molecule has 3 heterocycles. The summed E-state index contributed by atoms with van der Waals surface area (Å²) < 4.78 is 2.26. The minimum absolute atomic E-state index is 0.764. The first-order valence-electron chi connectivity index (χ1n) is 7.41. The first-order chi connectivity index (χ1) is 9.26. The van der Waals surface area contributed by atoms with Gasteiger partial charge in [0.25, 0.3) is 0 Å². The molecule has 1 fully saturated rings. The fourth-order valence-electron chi connectivity index (χ4n) is 3.16. The first kappa shape index (κ1) is 12.7. The Labute approximate surface area is 115 Å². The maximum atomic E-state index is 4.63. The number of pyridine rings is 1. The lowest BCUT2D eigenvalue weighted by Gasteiger charge is -2.31. The molecule has 2 aromatic heterocycles. The van der Waals surface area contributed by atoms with Gasteiger partial charge in [0.2, 0.25) is 0 Å². The van der Waals surface area contributed by atoms with Crippen molar-refractivity contribution in [3.05, 3.63) is 35.9 Å². The molecule has 0 spiro atoms. The lowest BCUT2D eigenvalue weighted by atomic mass is 9.94. The minimum Gasteiger partial charge on any atom is -0.303 e. The number of fused-ring (bicyclic) bond motifs is 1. The van der Waals surface area contributed by atoms with Crippen molar-refractivity contribution in [1.82, 2.24) is 14.3 Å². The molecular weight excluding hydrogens is 234 g/mol. The number of nitrogens with zero attached hydrogens (tertiary/aromatic N) is 3. The Balaban J connectivity index is 1.79. The Kier molecular flexibility index (Phi) is 3.56. The number of aromatic nitrogens is 2. The molecule has 19 heavy (non-hydrogen) atoms. The van der Waals surface area contributed by atoms with Crippen molar-refractivity contribution in [3.8, 4) is 0 Å². The lowest BCUT2D eigenvalue weighted by Crippen LogP contribution is -2.36. The van der Waals surface area contributed by atoms with Gasteiger partial charge in [-0.15, -0.1) is 0 Å². The average Bonchev–Trinajstić information content (AvgIpc) is 2.81. The minimum atomic E-state index is 0.764. The third-order valence-electron chi connectivity index (χ3n) is 4.27. The topological polar surface area (TPSA) is 20.5 Å². The number of hydrogen-bond donors (Lipinski definition) is 0. The van der Waals surface area contributed by atoms with E-state index in [2.05, 4.69) is 46.5 Å². The molecule has 102 valence electrons. The summed E-state index contributed by atoms with van der Waals surface area (Å²) in [6.45, 7) is 8.09. The summed E-state index contributed by atoms with van der Waals surface area (Å²) in [5, 5.41) is 0. The summed E-state index contributed by atoms with van der Waals surface area (Å²) in [6, 6.07) is 4.31. The van der Waals surface area contributed by atoms with Crippen molar-refractivity contribution in [2.45, 2.75) is 33.1 Å². The third kappa shape index (κ3) is 2.66. The second kappa shape index (κ2) is 5.33. The quantitative estimate of drug-likeness (QED) is 0.842. The van der Waals surface area contributed by atoms with Crippen molar-refractivity contribution < 1.29 is 0 Å². The normalized spacial score (nSPS) is 21.1. The molecule has 0 radical (unpaired) electrons. The van der Waals surface area contributed by atoms with Crippen LogP contribution in [-0.2, 0) is 6.42 Å². The van der Waals surface area contributed by atoms with Gasteiger partial charge in [-0.2, -0.15) is 0 Å². The Morgan fingerprint density at radius 2 is 2.26 bits per heavy atom. The van der Waals surface area contributed by atoms with Crippen LogP contribution in [0.15, 0.2) is 24.5 Å². The lowest BCUT2D eigenvalue weighted by molar-refractivity contribution is 0.180. The van der Waals surface area contributed by atoms with Gasteiger partial charge in [0, 0.05) is 19.2 Å². The standard InChI is InChI=1S/C16H23N3/c1-3-18-8-4-5-14(12-18)9-16-17-10-15-7-6-13(2)11-19(15)16/h6-7,10-11,14H,3-5,8-9,12H2,1-2H3. The van der Waals surface area contributed by atoms with Crippen LogP contribution in [0.2, 0.25) is 0 Å². The zero-order valence-electron chi connectivity index (χ0n) is 12.0. The van der Waals surface area contributed by atoms with Gasteiger partial charge in [-0.25, -0.2) is 4.98 Å². The Hall–Kier alpha value is -1.35. The molecule has 1 unspecified atom stereocenters. The number of aryl methyl sites for hydroxylation is 1. The van der Waals surface area contributed by atoms with E-state index in [4.69, 9.17) is 0 Å². The Morgan fingerprint density at radius 3 is 3.11 bits per heavy atom. The maximum absolute atomic E-state index is 4.63. The molecule has 1 atom stereocenters. The van der Waals surface area contributed by atoms with Gasteiger partial charge in [-0.1, -0.05) is 13.0 Å². The average molecular weight is 257 g/mol. The molecule has 1 saturated heterocycles. The fraction of sp³-hybridized carbons (Fsp3) is 0.562. The Bertz CT molecular complexity index is 558. The van der Waals surface area contributed by atoms with Gasteiger partial charge < -0.3 is 9.30 Å². The predicted molar refractivity (Wildman–Crippen MR) is 78.5 cm³/mol. The van der Waals surface area contributed by atoms with Crippen LogP contribution in [0.5, 0.6) is 0 Å². The molecule has 1 aliphatic rings. The predicted octanol–water partition coefficient (Wildman–Crippen LogP) is 2.92. The summed E-state index contributed by atoms with van der Waals surface area (Å²) in [5.74, 6) is 1.99. The second-order valence-corrected chi connectivity index (χ2v) is 5.78. The molecule has 3 heteroatoms. The van der Waals surface area contributed by atoms with Gasteiger partial charge in [-0.05, 0) is 50.4 Å². The molecule has 0 amide bonds. The first-order valence-corrected chi connectivity index (χ1v) is 7.41. The van der Waals surface area contributed by atoms with E-state index in [-0.39, 0.29) is 0 Å². The van der Waals surface area contributed by atoms with E-state index in [1.165, 1.54) is 49.4 Å². The highest BCUT2D eigenvalue weighted by Crippen LogP contribution is 2.21. The smallest absolute Gasteiger partial charge is 0.113 e. The van der Waals surface area contributed by atoms with E-state index >= 15 is 0 Å². The van der Waals surface area contributed by atoms with E-state index in [1.54, 1.807) is 0 Å². The maximum Gasteiger partial charge on any atom is 0.113 e. The summed E-state index contributed by atoms with van der Waals surface area (Å²) in [7, 11) is 0. The van der Waals surface area contributed by atoms with Crippen molar-refractivity contribution >= 4 is 5.52 Å². The van der Waals surface area contributed by atoms with E-state index in [0.29, 0.717) is 0 Å². The van der Waals surface area contributed by atoms with Crippen LogP contribution in [0.25, 0.3) is 5.52 Å². The molecule has 1 aliphatic heterocycles. The van der Waals surface area contributed by atoms with E-state index in [1.807, 2.05) is 6.20 Å². The molecule has 3 rings (SSSR count). The van der Waals surface area contributed by atoms with E-state index < -0.39 is 0 Å². The van der Waals surface area contributed by atoms with Crippen LogP contribution in [-0.4, -0.2) is 33.9 Å². The SMILES string of the molecule is CCN1CCCC(Cc2ncc3ccc(C)cn23)C1. The van der Waals surface area contributed by atoms with Gasteiger partial charge in [0.1, 0.15) is 5.82 Å². The number of piperidine rings is 1. The van der Waals surface area contributed by atoms with E-state index in [0.717, 1.165) is 12.3 Å². The largest absolute Gasteiger partial charge is 0.303 e. The zero-order chi connectivity index (χ0) is 13.2. The van der Waals surface area contributed by atoms with Crippen LogP contribution < -0.4 is 0 Å². The molecule has 0 N–H and O–H groups in total. The van der Waals surface area contributed by atoms with Crippen LogP contribution in [0.3, 0.4) is 0 Å². The monoisotopic (exact) mass is 257 g/mol. The van der Waals surface area contributed by atoms with E-state index in [9.17, 15) is 0 Å². The molecule has 2 aromatic rings. The van der Waals surface area contributed by atoms with Crippen molar-refractivity contribution in [2.24, 2.45) is 5.92 Å². The van der Waals surface area contributed by atoms with Gasteiger partial charge in [0.15, 0.2) is 0 Å². The van der Waals surface area contributed by atoms with Crippen molar-refractivity contribution in [2.75, 3.05) is 19.6 Å². The number of likely N-dealkylation sites (tertiary alicyclic amines) is 1. The highest BCUT2D eigenvalue weighted by atomic mass is 15.1. The highest BCUT2D eigenvalue weighted by molar-refractivity contribution is 5.46. The van der Waals surface area contributed by atoms with Gasteiger partial charge >= 0.3 is 0 Å². The molecule has 0 aliphatic carbocycles. The van der Waals surface area contributed by atoms with Crippen LogP contribution in [0, 0.1) is 12.8 Å². The third-order valence-corrected chi connectivity index (χ3v) is 4.27. The summed E-state index contributed by atoms with van der Waals surface area (Å²) >= 11 is 0. The Morgan fingerprint density at radius 1 is 1.37 bits per heavy atom. The molecule has 0 saturated carbocycles. The zero-order valence-corrected chi connectivity index (χ0v) is 12.0. The number of rotatable bonds is 3. The summed E-state index contributed by atoms with van der Waals surface area (Å²) in [6.07, 6.45) is 7.99. The fourth-order valence-corrected chi connectivity index (χ4v) is 3.16. The summed E-state index contributed by atoms with van der Waals surface area (Å²) in [4.78, 5) is 7.19. The molecule has 0 aromatic carbocycles. The molecule has 3 nitrogen and oxygen atoms in total. The van der Waals surface area contributed by atoms with Crippen molar-refractivity contribution in [3.63, 3.8) is 0 Å². The van der Waals surface area contributed by atoms with Crippen LogP contribution in [0.1, 0.15) is 31.2 Å². The highest BCUT2D eigenvalue weighted by Gasteiger charge is 2.20. The van der Waals surface area contributed by atoms with Crippen LogP contribution >= 0.6 is 0 Å². The van der Waals surface area contributed by atoms with Gasteiger partial charge in [0.05, 0.1) is 11.7 Å². The molecular formula is C16H23N3. The van der Waals surface area contributed by atoms with Gasteiger partial charge in [-0.3, -0.25) is 0 Å². The van der Waals surface area contributed by atoms with Crippen molar-refractivity contribution in [1.29, 1.82) is 0 Å². The summed E-state index contributed by atoms with van der Waals surface area (Å²) in [5.41, 5.74) is 2.51. The molecule has 0 bridgehead atoms. The number of imidazole rings is 1. The number of hydrogen-bond acceptors (Lipinski definition) is 2. The second-order valence-electron chi connectivity index (χ2n) is 5.78. The van der Waals surface area contributed by atoms with Crippen LogP contribution in [0.4, 0.5) is 0 Å².